The zero-order valence-electron chi connectivity index (χ0n) is 11.6. The monoisotopic (exact) mass is 323 g/mol. The van der Waals surface area contributed by atoms with Crippen LogP contribution in [0.2, 0.25) is 0 Å². The van der Waals surface area contributed by atoms with Gasteiger partial charge in [0.25, 0.3) is 5.56 Å². The third kappa shape index (κ3) is 3.28. The van der Waals surface area contributed by atoms with Crippen LogP contribution in [0.1, 0.15) is 24.6 Å². The van der Waals surface area contributed by atoms with E-state index >= 15 is 0 Å². The fourth-order valence-corrected chi connectivity index (χ4v) is 3.00. The van der Waals surface area contributed by atoms with Gasteiger partial charge in [0.05, 0.1) is 0 Å². The first-order chi connectivity index (χ1) is 10.6. The normalized spacial score (nSPS) is 17.8. The molecule has 0 spiro atoms. The molecule has 1 aliphatic heterocycles. The number of aromatic nitrogens is 3. The maximum Gasteiger partial charge on any atom is 0.347 e. The second-order valence-corrected chi connectivity index (χ2v) is 5.86. The van der Waals surface area contributed by atoms with E-state index in [4.69, 9.17) is 4.74 Å². The van der Waals surface area contributed by atoms with Crippen molar-refractivity contribution in [1.29, 1.82) is 0 Å². The first kappa shape index (κ1) is 15.0. The number of halogens is 1. The average Bonchev–Trinajstić information content (AvgIpc) is 3.02. The van der Waals surface area contributed by atoms with E-state index in [2.05, 4.69) is 10.1 Å². The molecule has 0 saturated carbocycles. The van der Waals surface area contributed by atoms with Gasteiger partial charge in [0, 0.05) is 12.4 Å². The lowest BCUT2D eigenvalue weighted by atomic mass is 10.2. The number of nitrogens with zero attached hydrogens (tertiary/aromatic N) is 2. The summed E-state index contributed by atoms with van der Waals surface area (Å²) >= 11 is 1.20. The lowest BCUT2D eigenvalue weighted by Gasteiger charge is -2.11. The Bertz CT molecular complexity index is 766. The maximum absolute atomic E-state index is 12.9. The van der Waals surface area contributed by atoms with E-state index in [9.17, 15) is 14.0 Å². The number of aromatic amines is 1. The van der Waals surface area contributed by atoms with Gasteiger partial charge in [-0.25, -0.2) is 9.18 Å². The summed E-state index contributed by atoms with van der Waals surface area (Å²) in [6, 6.07) is 6.01. The molecule has 0 radical (unpaired) electrons. The Morgan fingerprint density at radius 2 is 2.14 bits per heavy atom. The third-order valence-corrected chi connectivity index (χ3v) is 4.31. The van der Waals surface area contributed by atoms with Crippen LogP contribution in [0.15, 0.2) is 38.9 Å². The van der Waals surface area contributed by atoms with Gasteiger partial charge in [-0.3, -0.25) is 9.78 Å². The van der Waals surface area contributed by atoms with Crippen LogP contribution in [0, 0.1) is 5.82 Å². The molecule has 1 saturated heterocycles. The van der Waals surface area contributed by atoms with Crippen LogP contribution in [0.5, 0.6) is 0 Å². The van der Waals surface area contributed by atoms with Gasteiger partial charge in [-0.05, 0) is 30.5 Å². The topological polar surface area (TPSA) is 77.0 Å². The van der Waals surface area contributed by atoms with Crippen LogP contribution >= 0.6 is 11.8 Å². The van der Waals surface area contributed by atoms with Crippen LogP contribution in [0.4, 0.5) is 4.39 Å². The van der Waals surface area contributed by atoms with Crippen molar-refractivity contribution >= 4 is 11.8 Å². The molecule has 2 heterocycles. The van der Waals surface area contributed by atoms with Crippen LogP contribution in [-0.2, 0) is 10.5 Å². The molecule has 1 fully saturated rings. The van der Waals surface area contributed by atoms with E-state index in [1.165, 1.54) is 28.6 Å². The maximum atomic E-state index is 12.9. The molecule has 0 aliphatic carbocycles. The van der Waals surface area contributed by atoms with Gasteiger partial charge in [-0.2, -0.15) is 9.78 Å². The second kappa shape index (κ2) is 6.45. The number of nitrogens with one attached hydrogen (secondary N) is 1. The first-order valence-corrected chi connectivity index (χ1v) is 7.84. The molecule has 0 bridgehead atoms. The van der Waals surface area contributed by atoms with Crippen LogP contribution in [0.3, 0.4) is 0 Å². The highest BCUT2D eigenvalue weighted by Crippen LogP contribution is 2.21. The van der Waals surface area contributed by atoms with Gasteiger partial charge < -0.3 is 4.74 Å². The number of rotatable bonds is 4. The predicted molar refractivity (Wildman–Crippen MR) is 79.3 cm³/mol. The highest BCUT2D eigenvalue weighted by atomic mass is 32.2. The van der Waals surface area contributed by atoms with Crippen molar-refractivity contribution in [3.8, 4) is 0 Å². The Balaban J connectivity index is 1.80. The van der Waals surface area contributed by atoms with E-state index in [1.807, 2.05) is 0 Å². The first-order valence-electron chi connectivity index (χ1n) is 6.85. The molecule has 22 heavy (non-hydrogen) atoms. The summed E-state index contributed by atoms with van der Waals surface area (Å²) in [5.74, 6) is 0.150. The minimum absolute atomic E-state index is 0.194. The number of hydrogen-bond acceptors (Lipinski definition) is 5. The van der Waals surface area contributed by atoms with Crippen LogP contribution in [0.25, 0.3) is 0 Å². The molecule has 0 unspecified atom stereocenters. The van der Waals surface area contributed by atoms with E-state index < -0.39 is 17.5 Å². The second-order valence-electron chi connectivity index (χ2n) is 4.89. The lowest BCUT2D eigenvalue weighted by Crippen LogP contribution is -2.35. The Morgan fingerprint density at radius 1 is 1.36 bits per heavy atom. The van der Waals surface area contributed by atoms with Gasteiger partial charge in [-0.15, -0.1) is 0 Å². The van der Waals surface area contributed by atoms with Crippen molar-refractivity contribution in [2.75, 3.05) is 6.61 Å². The third-order valence-electron chi connectivity index (χ3n) is 3.29. The predicted octanol–water partition coefficient (Wildman–Crippen LogP) is 1.67. The van der Waals surface area contributed by atoms with E-state index in [0.29, 0.717) is 18.8 Å². The summed E-state index contributed by atoms with van der Waals surface area (Å²) in [6.45, 7) is 0.579. The Kier molecular flexibility index (Phi) is 4.39. The van der Waals surface area contributed by atoms with Crippen molar-refractivity contribution in [2.45, 2.75) is 29.8 Å². The summed E-state index contributed by atoms with van der Waals surface area (Å²) in [5, 5.41) is 4.30. The summed E-state index contributed by atoms with van der Waals surface area (Å²) < 4.78 is 19.5. The van der Waals surface area contributed by atoms with E-state index in [-0.39, 0.29) is 10.8 Å². The Morgan fingerprint density at radius 3 is 2.82 bits per heavy atom. The molecular formula is C14H14FN3O3S. The number of hydrogen-bond donors (Lipinski definition) is 1. The van der Waals surface area contributed by atoms with Crippen molar-refractivity contribution in [3.05, 3.63) is 56.5 Å². The average molecular weight is 323 g/mol. The minimum atomic E-state index is -0.567. The Labute approximate surface area is 129 Å². The molecule has 2 aromatic rings. The molecule has 8 heteroatoms. The van der Waals surface area contributed by atoms with Gasteiger partial charge in [0.1, 0.15) is 5.82 Å². The van der Waals surface area contributed by atoms with Crippen LogP contribution < -0.4 is 11.2 Å². The molecule has 1 aromatic heterocycles. The van der Waals surface area contributed by atoms with Crippen LogP contribution in [-0.4, -0.2) is 21.4 Å². The zero-order chi connectivity index (χ0) is 15.5. The zero-order valence-corrected chi connectivity index (χ0v) is 12.4. The SMILES string of the molecule is O=c1[nH]c(=O)n([C@H]2CCCO2)nc1SCc1ccc(F)cc1. The molecular weight excluding hydrogens is 309 g/mol. The fraction of sp³-hybridized carbons (Fsp3) is 0.357. The number of thioether (sulfide) groups is 1. The van der Waals surface area contributed by atoms with Gasteiger partial charge in [0.15, 0.2) is 11.3 Å². The molecule has 1 aromatic carbocycles. The van der Waals surface area contributed by atoms with E-state index in [1.54, 1.807) is 12.1 Å². The van der Waals surface area contributed by atoms with Crippen molar-refractivity contribution in [2.24, 2.45) is 0 Å². The molecule has 1 atom stereocenters. The highest BCUT2D eigenvalue weighted by molar-refractivity contribution is 7.98. The fourth-order valence-electron chi connectivity index (χ4n) is 2.17. The quantitative estimate of drug-likeness (QED) is 0.866. The molecule has 0 amide bonds. The van der Waals surface area contributed by atoms with Gasteiger partial charge in [-0.1, -0.05) is 23.9 Å². The Hall–Kier alpha value is -1.93. The number of ether oxygens (including phenoxy) is 1. The van der Waals surface area contributed by atoms with Gasteiger partial charge in [0.2, 0.25) is 0 Å². The summed E-state index contributed by atoms with van der Waals surface area (Å²) in [4.78, 5) is 25.9. The highest BCUT2D eigenvalue weighted by Gasteiger charge is 2.21. The summed E-state index contributed by atoms with van der Waals surface area (Å²) in [6.07, 6.45) is 1.13. The largest absolute Gasteiger partial charge is 0.356 e. The molecule has 1 N–H and O–H groups in total. The van der Waals surface area contributed by atoms with E-state index in [0.717, 1.165) is 12.0 Å². The molecule has 6 nitrogen and oxygen atoms in total. The molecule has 116 valence electrons. The van der Waals surface area contributed by atoms with Crippen molar-refractivity contribution < 1.29 is 9.13 Å². The lowest BCUT2D eigenvalue weighted by molar-refractivity contribution is 0.0395. The van der Waals surface area contributed by atoms with Gasteiger partial charge >= 0.3 is 5.69 Å². The standard InChI is InChI=1S/C14H14FN3O3S/c15-10-5-3-9(4-6-10)8-22-13-12(19)16-14(20)18(17-13)11-2-1-7-21-11/h3-6,11H,1-2,7-8H2,(H,16,19,20)/t11-/m1/s1. The smallest absolute Gasteiger partial charge is 0.347 e. The number of H-pyrrole nitrogens is 1. The number of benzene rings is 1. The minimum Gasteiger partial charge on any atom is -0.356 e. The van der Waals surface area contributed by atoms with Crippen molar-refractivity contribution in [3.63, 3.8) is 0 Å². The molecule has 1 aliphatic rings. The van der Waals surface area contributed by atoms with Crippen molar-refractivity contribution in [1.82, 2.24) is 14.8 Å². The summed E-state index contributed by atoms with van der Waals surface area (Å²) in [5.41, 5.74) is -0.225. The summed E-state index contributed by atoms with van der Waals surface area (Å²) in [7, 11) is 0. The molecule has 3 rings (SSSR count).